The molecule has 3 aromatic rings. The zero-order valence-corrected chi connectivity index (χ0v) is 20.8. The average molecular weight is 491 g/mol. The first-order valence-corrected chi connectivity index (χ1v) is 12.8. The SMILES string of the molecule is CCC(=O)CCCCC[C@H](NC(=O)C(=O)N1CCOCC1)c1ncc(-c2ccc3ccccc3c2)[nH]1. The molecule has 1 aliphatic rings. The molecule has 1 fully saturated rings. The van der Waals surface area contributed by atoms with Crippen molar-refractivity contribution in [1.82, 2.24) is 20.2 Å². The van der Waals surface area contributed by atoms with Gasteiger partial charge in [-0.15, -0.1) is 0 Å². The van der Waals surface area contributed by atoms with E-state index in [1.807, 2.05) is 25.1 Å². The summed E-state index contributed by atoms with van der Waals surface area (Å²) in [6.45, 7) is 3.58. The molecule has 0 bridgehead atoms. The van der Waals surface area contributed by atoms with Crippen LogP contribution in [0.25, 0.3) is 22.0 Å². The van der Waals surface area contributed by atoms with Crippen LogP contribution in [-0.2, 0) is 19.1 Å². The number of aromatic nitrogens is 2. The van der Waals surface area contributed by atoms with Crippen LogP contribution in [0.2, 0.25) is 0 Å². The molecule has 0 unspecified atom stereocenters. The molecular weight excluding hydrogens is 456 g/mol. The predicted octanol–water partition coefficient (Wildman–Crippen LogP) is 4.18. The molecule has 0 aliphatic carbocycles. The van der Waals surface area contributed by atoms with E-state index >= 15 is 0 Å². The normalized spacial score (nSPS) is 14.5. The van der Waals surface area contributed by atoms with Gasteiger partial charge in [-0.3, -0.25) is 14.4 Å². The smallest absolute Gasteiger partial charge is 0.312 e. The summed E-state index contributed by atoms with van der Waals surface area (Å²) in [4.78, 5) is 46.6. The summed E-state index contributed by atoms with van der Waals surface area (Å²) >= 11 is 0. The lowest BCUT2D eigenvalue weighted by molar-refractivity contribution is -0.148. The Hall–Kier alpha value is -3.52. The molecule has 2 amide bonds. The second-order valence-corrected chi connectivity index (χ2v) is 9.17. The van der Waals surface area contributed by atoms with E-state index < -0.39 is 17.9 Å². The number of ether oxygens (including phenoxy) is 1. The van der Waals surface area contributed by atoms with Crippen molar-refractivity contribution in [2.45, 2.75) is 51.5 Å². The van der Waals surface area contributed by atoms with Crippen LogP contribution < -0.4 is 5.32 Å². The maximum atomic E-state index is 12.8. The van der Waals surface area contributed by atoms with Crippen LogP contribution in [-0.4, -0.2) is 58.8 Å². The molecule has 36 heavy (non-hydrogen) atoms. The second kappa shape index (κ2) is 12.4. The molecular formula is C28H34N4O4. The fourth-order valence-electron chi connectivity index (χ4n) is 4.45. The van der Waals surface area contributed by atoms with Crippen molar-refractivity contribution >= 4 is 28.4 Å². The van der Waals surface area contributed by atoms with Crippen molar-refractivity contribution in [3.63, 3.8) is 0 Å². The van der Waals surface area contributed by atoms with Gasteiger partial charge in [-0.1, -0.05) is 56.2 Å². The van der Waals surface area contributed by atoms with Gasteiger partial charge < -0.3 is 19.9 Å². The standard InChI is InChI=1S/C28H34N4O4/c1-2-23(33)10-4-3-5-11-24(31-27(34)28(35)32-14-16-36-17-15-32)26-29-19-25(30-26)22-13-12-20-8-6-7-9-21(20)18-22/h6-9,12-13,18-19,24H,2-5,10-11,14-17H2,1H3,(H,29,30)(H,31,34)/t24-/m0/s1. The Labute approximate surface area is 211 Å². The van der Waals surface area contributed by atoms with E-state index in [-0.39, 0.29) is 5.78 Å². The highest BCUT2D eigenvalue weighted by Gasteiger charge is 2.27. The first-order valence-electron chi connectivity index (χ1n) is 12.8. The number of fused-ring (bicyclic) bond motifs is 1. The van der Waals surface area contributed by atoms with Crippen LogP contribution >= 0.6 is 0 Å². The Kier molecular flexibility index (Phi) is 8.84. The lowest BCUT2D eigenvalue weighted by Gasteiger charge is -2.27. The number of hydrogen-bond donors (Lipinski definition) is 2. The summed E-state index contributed by atoms with van der Waals surface area (Å²) in [5, 5.41) is 5.20. The highest BCUT2D eigenvalue weighted by Crippen LogP contribution is 2.26. The monoisotopic (exact) mass is 490 g/mol. The maximum absolute atomic E-state index is 12.8. The number of unbranched alkanes of at least 4 members (excludes halogenated alkanes) is 2. The number of Topliss-reactive ketones (excluding diaryl/α,β-unsaturated/α-hetero) is 1. The summed E-state index contributed by atoms with van der Waals surface area (Å²) in [6, 6.07) is 14.0. The van der Waals surface area contributed by atoms with Gasteiger partial charge in [0.2, 0.25) is 0 Å². The van der Waals surface area contributed by atoms with E-state index in [9.17, 15) is 14.4 Å². The van der Waals surface area contributed by atoms with E-state index in [0.29, 0.717) is 51.4 Å². The fraction of sp³-hybridized carbons (Fsp3) is 0.429. The van der Waals surface area contributed by atoms with E-state index in [1.54, 1.807) is 6.20 Å². The molecule has 4 rings (SSSR count). The summed E-state index contributed by atoms with van der Waals surface area (Å²) < 4.78 is 5.29. The molecule has 1 atom stereocenters. The quantitative estimate of drug-likeness (QED) is 0.328. The van der Waals surface area contributed by atoms with Gasteiger partial charge in [-0.05, 0) is 29.7 Å². The summed E-state index contributed by atoms with van der Waals surface area (Å²) in [5.74, 6) is -0.294. The number of H-pyrrole nitrogens is 1. The largest absolute Gasteiger partial charge is 0.378 e. The van der Waals surface area contributed by atoms with Crippen LogP contribution in [0.15, 0.2) is 48.7 Å². The molecule has 0 radical (unpaired) electrons. The Morgan fingerprint density at radius 1 is 1.06 bits per heavy atom. The molecule has 8 nitrogen and oxygen atoms in total. The Bertz CT molecular complexity index is 1200. The van der Waals surface area contributed by atoms with E-state index in [2.05, 4.69) is 39.6 Å². The minimum Gasteiger partial charge on any atom is -0.378 e. The first-order chi connectivity index (χ1) is 17.5. The topological polar surface area (TPSA) is 104 Å². The van der Waals surface area contributed by atoms with E-state index in [4.69, 9.17) is 4.74 Å². The van der Waals surface area contributed by atoms with Crippen molar-refractivity contribution in [3.8, 4) is 11.3 Å². The van der Waals surface area contributed by atoms with Gasteiger partial charge in [0.1, 0.15) is 11.6 Å². The summed E-state index contributed by atoms with van der Waals surface area (Å²) in [7, 11) is 0. The van der Waals surface area contributed by atoms with Crippen molar-refractivity contribution < 1.29 is 19.1 Å². The average Bonchev–Trinajstić information content (AvgIpc) is 3.42. The highest BCUT2D eigenvalue weighted by molar-refractivity contribution is 6.35. The number of ketones is 1. The van der Waals surface area contributed by atoms with Gasteiger partial charge in [-0.2, -0.15) is 0 Å². The number of benzene rings is 2. The fourth-order valence-corrected chi connectivity index (χ4v) is 4.45. The number of rotatable bonds is 10. The minimum absolute atomic E-state index is 0.266. The molecule has 1 aliphatic heterocycles. The summed E-state index contributed by atoms with van der Waals surface area (Å²) in [6.07, 6.45) is 6.02. The first kappa shape index (κ1) is 25.6. The van der Waals surface area contributed by atoms with Gasteiger partial charge >= 0.3 is 11.8 Å². The van der Waals surface area contributed by atoms with Crippen molar-refractivity contribution in [3.05, 3.63) is 54.5 Å². The number of imidazole rings is 1. The lowest BCUT2D eigenvalue weighted by atomic mass is 10.0. The van der Waals surface area contributed by atoms with Gasteiger partial charge in [-0.25, -0.2) is 4.98 Å². The van der Waals surface area contributed by atoms with Crippen LogP contribution in [0, 0.1) is 0 Å². The van der Waals surface area contributed by atoms with Crippen LogP contribution in [0.5, 0.6) is 0 Å². The van der Waals surface area contributed by atoms with Crippen molar-refractivity contribution in [2.75, 3.05) is 26.3 Å². The minimum atomic E-state index is -0.633. The Morgan fingerprint density at radius 2 is 1.83 bits per heavy atom. The van der Waals surface area contributed by atoms with Crippen LogP contribution in [0.3, 0.4) is 0 Å². The lowest BCUT2D eigenvalue weighted by Crippen LogP contribution is -2.48. The van der Waals surface area contributed by atoms with Gasteiger partial charge in [0.25, 0.3) is 0 Å². The zero-order valence-electron chi connectivity index (χ0n) is 20.8. The molecule has 2 N–H and O–H groups in total. The van der Waals surface area contributed by atoms with E-state index in [1.165, 1.54) is 4.90 Å². The third-order valence-corrected chi connectivity index (χ3v) is 6.63. The second-order valence-electron chi connectivity index (χ2n) is 9.17. The van der Waals surface area contributed by atoms with Gasteiger partial charge in [0.05, 0.1) is 31.1 Å². The number of morpholine rings is 1. The number of hydrogen-bond acceptors (Lipinski definition) is 5. The molecule has 1 aromatic heterocycles. The summed E-state index contributed by atoms with van der Waals surface area (Å²) in [5.41, 5.74) is 1.85. The number of carbonyl (C=O) groups excluding carboxylic acids is 3. The van der Waals surface area contributed by atoms with Crippen LogP contribution in [0.4, 0.5) is 0 Å². The number of nitrogens with zero attached hydrogens (tertiary/aromatic N) is 2. The Balaban J connectivity index is 1.47. The maximum Gasteiger partial charge on any atom is 0.312 e. The third-order valence-electron chi connectivity index (χ3n) is 6.63. The molecule has 1 saturated heterocycles. The molecule has 2 heterocycles. The predicted molar refractivity (Wildman–Crippen MR) is 138 cm³/mol. The van der Waals surface area contributed by atoms with Crippen LogP contribution in [0.1, 0.15) is 57.3 Å². The number of amides is 2. The highest BCUT2D eigenvalue weighted by atomic mass is 16.5. The number of carbonyl (C=O) groups is 3. The zero-order chi connectivity index (χ0) is 25.3. The number of nitrogens with one attached hydrogen (secondary N) is 2. The number of aromatic amines is 1. The Morgan fingerprint density at radius 3 is 2.61 bits per heavy atom. The van der Waals surface area contributed by atoms with Crippen molar-refractivity contribution in [2.24, 2.45) is 0 Å². The molecule has 2 aromatic carbocycles. The molecule has 8 heteroatoms. The molecule has 0 spiro atoms. The molecule has 190 valence electrons. The van der Waals surface area contributed by atoms with Gasteiger partial charge in [0.15, 0.2) is 0 Å². The van der Waals surface area contributed by atoms with Gasteiger partial charge in [0, 0.05) is 31.5 Å². The third kappa shape index (κ3) is 6.57. The van der Waals surface area contributed by atoms with Crippen molar-refractivity contribution in [1.29, 1.82) is 0 Å². The molecule has 0 saturated carbocycles. The van der Waals surface area contributed by atoms with E-state index in [0.717, 1.165) is 41.3 Å².